The van der Waals surface area contributed by atoms with E-state index in [1.807, 2.05) is 27.7 Å². The fraction of sp³-hybridized carbons (Fsp3) is 0.907. The number of carbonyl (C=O) groups is 4. The van der Waals surface area contributed by atoms with Gasteiger partial charge in [0.1, 0.15) is 16.8 Å². The van der Waals surface area contributed by atoms with Crippen LogP contribution in [0.3, 0.4) is 0 Å². The summed E-state index contributed by atoms with van der Waals surface area (Å²) >= 11 is 0. The number of ether oxygens (including phenoxy) is 4. The SMILES string of the molecule is CCC(C)(CC(C)(CC(C)(C)C(=O)OC1CC(C)(C)OC1=O)C(=O)OC12CC3CC(CC(O)(C3)C1)C2)C(=O)OC(C)(C)C12CC3CC(CC(O)(C3)C1)C2. The molecule has 1 saturated heterocycles. The predicted octanol–water partition coefficient (Wildman–Crippen LogP) is 7.13. The van der Waals surface area contributed by atoms with E-state index in [0.717, 1.165) is 51.4 Å². The lowest BCUT2D eigenvalue weighted by molar-refractivity contribution is -0.238. The summed E-state index contributed by atoms with van der Waals surface area (Å²) in [5.74, 6) is -0.648. The van der Waals surface area contributed by atoms with E-state index < -0.39 is 74.2 Å². The fourth-order valence-corrected chi connectivity index (χ4v) is 13.7. The van der Waals surface area contributed by atoms with Crippen molar-refractivity contribution in [1.29, 1.82) is 0 Å². The maximum Gasteiger partial charge on any atom is 0.348 e. The molecule has 9 rings (SSSR count). The van der Waals surface area contributed by atoms with Crippen molar-refractivity contribution in [2.75, 3.05) is 0 Å². The highest BCUT2D eigenvalue weighted by molar-refractivity contribution is 5.85. The first-order valence-electron chi connectivity index (χ1n) is 20.6. The average Bonchev–Trinajstić information content (AvgIpc) is 3.23. The van der Waals surface area contributed by atoms with Crippen molar-refractivity contribution in [3.8, 4) is 0 Å². The number of carbonyl (C=O) groups excluding carboxylic acids is 4. The highest BCUT2D eigenvalue weighted by atomic mass is 16.6. The molecule has 8 aliphatic carbocycles. The number of hydrogen-bond donors (Lipinski definition) is 2. The molecular formula is C43H66O10. The first-order valence-corrected chi connectivity index (χ1v) is 20.6. The molecule has 7 atom stereocenters. The van der Waals surface area contributed by atoms with E-state index in [1.165, 1.54) is 0 Å². The van der Waals surface area contributed by atoms with Gasteiger partial charge in [0.2, 0.25) is 6.10 Å². The van der Waals surface area contributed by atoms with Gasteiger partial charge in [0.25, 0.3) is 0 Å². The zero-order chi connectivity index (χ0) is 38.8. The number of esters is 4. The lowest BCUT2D eigenvalue weighted by Crippen LogP contribution is -2.63. The highest BCUT2D eigenvalue weighted by Gasteiger charge is 2.65. The van der Waals surface area contributed by atoms with Crippen LogP contribution in [-0.2, 0) is 38.1 Å². The Morgan fingerprint density at radius 3 is 1.72 bits per heavy atom. The lowest BCUT2D eigenvalue weighted by atomic mass is 9.44. The van der Waals surface area contributed by atoms with Crippen LogP contribution in [0.4, 0.5) is 0 Å². The Labute approximate surface area is 316 Å². The topological polar surface area (TPSA) is 146 Å². The van der Waals surface area contributed by atoms with E-state index in [1.54, 1.807) is 34.6 Å². The van der Waals surface area contributed by atoms with Gasteiger partial charge >= 0.3 is 23.9 Å². The number of rotatable bonds is 12. The molecule has 0 aromatic carbocycles. The smallest absolute Gasteiger partial charge is 0.348 e. The molecule has 53 heavy (non-hydrogen) atoms. The number of hydrogen-bond acceptors (Lipinski definition) is 10. The van der Waals surface area contributed by atoms with E-state index in [-0.39, 0.29) is 24.7 Å². The van der Waals surface area contributed by atoms with Crippen LogP contribution in [0.2, 0.25) is 0 Å². The molecule has 9 fully saturated rings. The average molecular weight is 743 g/mol. The summed E-state index contributed by atoms with van der Waals surface area (Å²) < 4.78 is 24.4. The Kier molecular flexibility index (Phi) is 8.95. The molecule has 0 spiro atoms. The molecule has 1 heterocycles. The second kappa shape index (κ2) is 12.1. The van der Waals surface area contributed by atoms with Crippen molar-refractivity contribution in [2.24, 2.45) is 45.3 Å². The molecule has 10 nitrogen and oxygen atoms in total. The largest absolute Gasteiger partial charge is 0.459 e. The maximum absolute atomic E-state index is 14.9. The maximum atomic E-state index is 14.9. The molecule has 2 N–H and O–H groups in total. The monoisotopic (exact) mass is 742 g/mol. The number of aliphatic hydroxyl groups is 2. The second-order valence-electron chi connectivity index (χ2n) is 22.1. The predicted molar refractivity (Wildman–Crippen MR) is 195 cm³/mol. The van der Waals surface area contributed by atoms with Gasteiger partial charge in [-0.25, -0.2) is 4.79 Å². The van der Waals surface area contributed by atoms with Crippen molar-refractivity contribution in [3.05, 3.63) is 0 Å². The third kappa shape index (κ3) is 6.97. The summed E-state index contributed by atoms with van der Waals surface area (Å²) in [5.41, 5.74) is -7.96. The Balaban J connectivity index is 1.15. The van der Waals surface area contributed by atoms with Crippen molar-refractivity contribution in [3.63, 3.8) is 0 Å². The third-order valence-electron chi connectivity index (χ3n) is 15.4. The van der Waals surface area contributed by atoms with Gasteiger partial charge < -0.3 is 29.2 Å². The Hall–Kier alpha value is -2.20. The first kappa shape index (κ1) is 39.1. The van der Waals surface area contributed by atoms with Crippen LogP contribution in [0.15, 0.2) is 0 Å². The van der Waals surface area contributed by atoms with Gasteiger partial charge in [0.05, 0.1) is 27.4 Å². The molecule has 1 aliphatic heterocycles. The van der Waals surface area contributed by atoms with Crippen molar-refractivity contribution in [2.45, 2.75) is 199 Å². The van der Waals surface area contributed by atoms with Gasteiger partial charge in [-0.3, -0.25) is 14.4 Å². The van der Waals surface area contributed by atoms with Gasteiger partial charge in [-0.15, -0.1) is 0 Å². The van der Waals surface area contributed by atoms with Gasteiger partial charge in [-0.1, -0.05) is 6.92 Å². The molecule has 8 bridgehead atoms. The van der Waals surface area contributed by atoms with Crippen LogP contribution in [0.5, 0.6) is 0 Å². The summed E-state index contributed by atoms with van der Waals surface area (Å²) in [4.78, 5) is 56.0. The van der Waals surface area contributed by atoms with Crippen LogP contribution in [0.25, 0.3) is 0 Å². The molecule has 0 radical (unpaired) electrons. The standard InChI is InChI=1S/C43H66O10/c1-10-38(8,33(46)52-37(6,7)40-13-26-11-27(14-40)16-41(48,15-26)24-40)23-39(9,22-35(2,3)32(45)50-30-21-36(4,5)51-31(30)44)34(47)53-43-19-28-12-29(20-43)18-42(49,17-28)25-43/h26-30,48-49H,10-25H2,1-9H3. The van der Waals surface area contributed by atoms with Gasteiger partial charge in [-0.05, 0) is 169 Å². The molecular weight excluding hydrogens is 676 g/mol. The van der Waals surface area contributed by atoms with Crippen LogP contribution >= 0.6 is 0 Å². The van der Waals surface area contributed by atoms with E-state index in [2.05, 4.69) is 0 Å². The van der Waals surface area contributed by atoms with Crippen LogP contribution in [-0.4, -0.2) is 68.2 Å². The molecule has 0 aromatic rings. The Morgan fingerprint density at radius 2 is 1.25 bits per heavy atom. The van der Waals surface area contributed by atoms with Crippen molar-refractivity contribution in [1.82, 2.24) is 0 Å². The molecule has 7 unspecified atom stereocenters. The van der Waals surface area contributed by atoms with E-state index >= 15 is 0 Å². The Morgan fingerprint density at radius 1 is 0.717 bits per heavy atom. The summed E-state index contributed by atoms with van der Waals surface area (Å²) in [5, 5.41) is 23.0. The Bertz CT molecular complexity index is 1510. The van der Waals surface area contributed by atoms with Crippen LogP contribution in [0, 0.1) is 45.3 Å². The third-order valence-corrected chi connectivity index (χ3v) is 15.4. The molecule has 298 valence electrons. The molecule has 0 aromatic heterocycles. The summed E-state index contributed by atoms with van der Waals surface area (Å²) in [6.07, 6.45) is 9.20. The van der Waals surface area contributed by atoms with E-state index in [4.69, 9.17) is 18.9 Å². The summed E-state index contributed by atoms with van der Waals surface area (Å²) in [6, 6.07) is 0. The minimum Gasteiger partial charge on any atom is -0.459 e. The van der Waals surface area contributed by atoms with Crippen molar-refractivity contribution < 1.29 is 48.3 Å². The van der Waals surface area contributed by atoms with Gasteiger partial charge in [0, 0.05) is 18.3 Å². The molecule has 9 aliphatic rings. The van der Waals surface area contributed by atoms with E-state index in [9.17, 15) is 29.4 Å². The van der Waals surface area contributed by atoms with Crippen molar-refractivity contribution >= 4 is 23.9 Å². The number of cyclic esters (lactones) is 1. The van der Waals surface area contributed by atoms with E-state index in [0.29, 0.717) is 55.8 Å². The first-order chi connectivity index (χ1) is 24.2. The summed E-state index contributed by atoms with van der Waals surface area (Å²) in [7, 11) is 0. The fourth-order valence-electron chi connectivity index (χ4n) is 13.7. The quantitative estimate of drug-likeness (QED) is 0.156. The molecule has 10 heteroatoms. The normalized spacial score (nSPS) is 41.7. The zero-order valence-corrected chi connectivity index (χ0v) is 33.9. The van der Waals surface area contributed by atoms with Crippen LogP contribution < -0.4 is 0 Å². The van der Waals surface area contributed by atoms with Gasteiger partial charge in [-0.2, -0.15) is 0 Å². The summed E-state index contributed by atoms with van der Waals surface area (Å²) in [6.45, 7) is 16.5. The zero-order valence-electron chi connectivity index (χ0n) is 33.9. The van der Waals surface area contributed by atoms with Gasteiger partial charge in [0.15, 0.2) is 0 Å². The second-order valence-corrected chi connectivity index (χ2v) is 22.1. The lowest BCUT2D eigenvalue weighted by Gasteiger charge is -2.64. The van der Waals surface area contributed by atoms with Crippen LogP contribution in [0.1, 0.15) is 165 Å². The molecule has 0 amide bonds. The molecule has 8 saturated carbocycles. The minimum atomic E-state index is -1.34. The highest BCUT2D eigenvalue weighted by Crippen LogP contribution is 2.66. The minimum absolute atomic E-state index is 0.00260.